The van der Waals surface area contributed by atoms with E-state index < -0.39 is 5.76 Å². The van der Waals surface area contributed by atoms with Crippen LogP contribution >= 0.6 is 11.6 Å². The van der Waals surface area contributed by atoms with Crippen molar-refractivity contribution in [2.75, 3.05) is 19.7 Å². The third-order valence-electron chi connectivity index (χ3n) is 4.88. The summed E-state index contributed by atoms with van der Waals surface area (Å²) >= 11 is 6.11. The van der Waals surface area contributed by atoms with Crippen LogP contribution in [0, 0.1) is 5.92 Å². The third kappa shape index (κ3) is 3.85. The highest BCUT2D eigenvalue weighted by molar-refractivity contribution is 6.32. The van der Waals surface area contributed by atoms with E-state index in [1.807, 2.05) is 29.2 Å². The second-order valence-corrected chi connectivity index (χ2v) is 7.11. The second kappa shape index (κ2) is 7.48. The summed E-state index contributed by atoms with van der Waals surface area (Å²) in [5, 5.41) is 0.609. The zero-order valence-corrected chi connectivity index (χ0v) is 15.4. The average molecular weight is 387 g/mol. The number of rotatable bonds is 4. The van der Waals surface area contributed by atoms with E-state index in [0.717, 1.165) is 12.8 Å². The lowest BCUT2D eigenvalue weighted by Gasteiger charge is -2.32. The van der Waals surface area contributed by atoms with Crippen molar-refractivity contribution in [3.63, 3.8) is 0 Å². The van der Waals surface area contributed by atoms with Crippen molar-refractivity contribution in [2.45, 2.75) is 12.8 Å². The van der Waals surface area contributed by atoms with Crippen molar-refractivity contribution >= 4 is 28.6 Å². The molecule has 7 heteroatoms. The molecule has 2 aromatic carbocycles. The molecule has 0 saturated carbocycles. The van der Waals surface area contributed by atoms with Crippen LogP contribution in [0.15, 0.2) is 51.7 Å². The average Bonchev–Trinajstić information content (AvgIpc) is 3.06. The van der Waals surface area contributed by atoms with Crippen molar-refractivity contribution in [3.05, 3.63) is 63.6 Å². The van der Waals surface area contributed by atoms with Crippen LogP contribution in [0.5, 0.6) is 5.75 Å². The molecule has 4 rings (SSSR count). The van der Waals surface area contributed by atoms with E-state index in [1.54, 1.807) is 18.2 Å². The molecule has 0 aliphatic carbocycles. The molecule has 1 aromatic heterocycles. The zero-order chi connectivity index (χ0) is 18.8. The molecule has 1 fully saturated rings. The third-order valence-corrected chi connectivity index (χ3v) is 5.19. The van der Waals surface area contributed by atoms with E-state index in [1.165, 1.54) is 0 Å². The molecule has 0 spiro atoms. The Balaban J connectivity index is 1.34. The first-order valence-corrected chi connectivity index (χ1v) is 9.27. The maximum Gasteiger partial charge on any atom is 0.417 e. The fourth-order valence-corrected chi connectivity index (χ4v) is 3.53. The van der Waals surface area contributed by atoms with Crippen molar-refractivity contribution in [1.82, 2.24) is 9.88 Å². The van der Waals surface area contributed by atoms with Gasteiger partial charge in [-0.05, 0) is 49.1 Å². The van der Waals surface area contributed by atoms with Crippen LogP contribution < -0.4 is 10.5 Å². The molecule has 27 heavy (non-hydrogen) atoms. The summed E-state index contributed by atoms with van der Waals surface area (Å²) in [6.45, 7) is 1.94. The number of nitrogens with one attached hydrogen (secondary N) is 1. The molecule has 1 amide bonds. The lowest BCUT2D eigenvalue weighted by molar-refractivity contribution is 0.0661. The van der Waals surface area contributed by atoms with Gasteiger partial charge >= 0.3 is 5.76 Å². The largest absolute Gasteiger partial charge is 0.492 e. The highest BCUT2D eigenvalue weighted by Gasteiger charge is 2.24. The van der Waals surface area contributed by atoms with Gasteiger partial charge in [0.05, 0.1) is 17.1 Å². The number of nitrogens with zero attached hydrogens (tertiary/aromatic N) is 1. The van der Waals surface area contributed by atoms with E-state index in [-0.39, 0.29) is 5.91 Å². The molecular formula is C20H19ClN2O4. The predicted octanol–water partition coefficient (Wildman–Crippen LogP) is 3.71. The molecule has 1 N–H and O–H groups in total. The summed E-state index contributed by atoms with van der Waals surface area (Å²) < 4.78 is 10.8. The van der Waals surface area contributed by atoms with Gasteiger partial charge < -0.3 is 14.1 Å². The van der Waals surface area contributed by atoms with E-state index in [4.69, 9.17) is 20.8 Å². The number of carbonyl (C=O) groups excluding carboxylic acids is 1. The molecule has 0 atom stereocenters. The summed E-state index contributed by atoms with van der Waals surface area (Å²) in [5.74, 6) is 0.525. The minimum absolute atomic E-state index is 0.0376. The summed E-state index contributed by atoms with van der Waals surface area (Å²) in [6, 6.07) is 12.4. The number of ether oxygens (including phenoxy) is 1. The number of oxazole rings is 1. The fourth-order valence-electron chi connectivity index (χ4n) is 3.34. The minimum atomic E-state index is -0.520. The van der Waals surface area contributed by atoms with Crippen LogP contribution in [0.1, 0.15) is 23.2 Å². The van der Waals surface area contributed by atoms with Gasteiger partial charge in [-0.3, -0.25) is 9.78 Å². The zero-order valence-electron chi connectivity index (χ0n) is 14.6. The number of aromatic nitrogens is 1. The smallest absolute Gasteiger partial charge is 0.417 e. The normalized spacial score (nSPS) is 15.2. The number of carbonyl (C=O) groups is 1. The van der Waals surface area contributed by atoms with Crippen LogP contribution in [-0.4, -0.2) is 35.5 Å². The number of hydrogen-bond acceptors (Lipinski definition) is 4. The molecule has 0 radical (unpaired) electrons. The maximum atomic E-state index is 12.7. The van der Waals surface area contributed by atoms with Gasteiger partial charge in [0.15, 0.2) is 5.58 Å². The van der Waals surface area contributed by atoms with Crippen molar-refractivity contribution in [3.8, 4) is 5.75 Å². The number of piperidine rings is 1. The Morgan fingerprint density at radius 2 is 2.00 bits per heavy atom. The monoisotopic (exact) mass is 386 g/mol. The van der Waals surface area contributed by atoms with Crippen LogP contribution in [-0.2, 0) is 0 Å². The number of halogens is 1. The maximum absolute atomic E-state index is 12.7. The van der Waals surface area contributed by atoms with Gasteiger partial charge in [-0.2, -0.15) is 0 Å². The number of para-hydroxylation sites is 1. The summed E-state index contributed by atoms with van der Waals surface area (Å²) in [4.78, 5) is 28.4. The molecule has 0 bridgehead atoms. The van der Waals surface area contributed by atoms with Crippen LogP contribution in [0.25, 0.3) is 11.1 Å². The number of fused-ring (bicyclic) bond motifs is 1. The number of H-pyrrole nitrogens is 1. The number of amides is 1. The standard InChI is InChI=1S/C20H19ClN2O4/c21-15-3-1-2-4-17(15)26-12-13-7-9-23(10-8-13)19(24)14-5-6-18-16(11-14)22-20(25)27-18/h1-6,11,13H,7-10,12H2,(H,22,25). The molecule has 1 aliphatic rings. The topological polar surface area (TPSA) is 75.5 Å². The minimum Gasteiger partial charge on any atom is -0.492 e. The Labute approximate surface area is 160 Å². The molecule has 3 aromatic rings. The Morgan fingerprint density at radius 1 is 1.22 bits per heavy atom. The van der Waals surface area contributed by atoms with Crippen molar-refractivity contribution in [2.24, 2.45) is 5.92 Å². The number of aromatic amines is 1. The van der Waals surface area contributed by atoms with Crippen LogP contribution in [0.4, 0.5) is 0 Å². The Hall–Kier alpha value is -2.73. The van der Waals surface area contributed by atoms with Crippen molar-refractivity contribution in [1.29, 1.82) is 0 Å². The van der Waals surface area contributed by atoms with Gasteiger partial charge in [-0.25, -0.2) is 4.79 Å². The van der Waals surface area contributed by atoms with Gasteiger partial charge in [-0.15, -0.1) is 0 Å². The summed E-state index contributed by atoms with van der Waals surface area (Å²) in [6.07, 6.45) is 1.75. The number of benzene rings is 2. The van der Waals surface area contributed by atoms with E-state index in [2.05, 4.69) is 4.98 Å². The Kier molecular flexibility index (Phi) is 4.90. The number of likely N-dealkylation sites (tertiary alicyclic amines) is 1. The van der Waals surface area contributed by atoms with Crippen LogP contribution in [0.2, 0.25) is 5.02 Å². The quantitative estimate of drug-likeness (QED) is 0.741. The summed E-state index contributed by atoms with van der Waals surface area (Å²) in [7, 11) is 0. The Morgan fingerprint density at radius 3 is 2.78 bits per heavy atom. The second-order valence-electron chi connectivity index (χ2n) is 6.70. The van der Waals surface area contributed by atoms with E-state index >= 15 is 0 Å². The molecule has 140 valence electrons. The van der Waals surface area contributed by atoms with Gasteiger partial charge in [0, 0.05) is 18.7 Å². The molecule has 2 heterocycles. The molecule has 1 saturated heterocycles. The van der Waals surface area contributed by atoms with Gasteiger partial charge in [0.2, 0.25) is 0 Å². The predicted molar refractivity (Wildman–Crippen MR) is 102 cm³/mol. The Bertz CT molecular complexity index is 1020. The lowest BCUT2D eigenvalue weighted by atomic mass is 9.97. The lowest BCUT2D eigenvalue weighted by Crippen LogP contribution is -2.39. The number of hydrogen-bond donors (Lipinski definition) is 1. The van der Waals surface area contributed by atoms with Gasteiger partial charge in [0.1, 0.15) is 5.75 Å². The molecule has 1 aliphatic heterocycles. The van der Waals surface area contributed by atoms with Crippen molar-refractivity contribution < 1.29 is 13.9 Å². The molecule has 6 nitrogen and oxygen atoms in total. The first kappa shape index (κ1) is 17.7. The highest BCUT2D eigenvalue weighted by atomic mass is 35.5. The fraction of sp³-hybridized carbons (Fsp3) is 0.300. The van der Waals surface area contributed by atoms with E-state index in [0.29, 0.717) is 53.0 Å². The molecule has 0 unspecified atom stereocenters. The van der Waals surface area contributed by atoms with Gasteiger partial charge in [-0.1, -0.05) is 23.7 Å². The molecular weight excluding hydrogens is 368 g/mol. The van der Waals surface area contributed by atoms with Gasteiger partial charge in [0.25, 0.3) is 5.91 Å². The highest BCUT2D eigenvalue weighted by Crippen LogP contribution is 2.26. The first-order chi connectivity index (χ1) is 13.1. The van der Waals surface area contributed by atoms with Crippen LogP contribution in [0.3, 0.4) is 0 Å². The summed E-state index contributed by atoms with van der Waals surface area (Å²) in [5.41, 5.74) is 1.53. The first-order valence-electron chi connectivity index (χ1n) is 8.89. The van der Waals surface area contributed by atoms with E-state index in [9.17, 15) is 9.59 Å². The SMILES string of the molecule is O=C(c1ccc2oc(=O)[nH]c2c1)N1CCC(COc2ccccc2Cl)CC1.